The normalized spacial score (nSPS) is 10.2. The molecule has 0 aliphatic rings. The van der Waals surface area contributed by atoms with Crippen LogP contribution in [0.25, 0.3) is 0 Å². The van der Waals surface area contributed by atoms with Gasteiger partial charge in [-0.15, -0.1) is 0 Å². The molecule has 1 aromatic heterocycles. The first-order valence-corrected chi connectivity index (χ1v) is 11.6. The fourth-order valence-electron chi connectivity index (χ4n) is 2.82. The third-order valence-electron chi connectivity index (χ3n) is 4.03. The number of halogens is 1. The standard InChI is InChI=1S/C18H15P.C7H8BrNO/c1-4-10-16(11-5-1)19(17-12-6-2-7-13-17)18-14-8-3-9-15-18;1-2-10-7-3-6(8)4-9-5-7/h1-15H;3-5H,2H2,1H3. The molecule has 0 atom stereocenters. The van der Waals surface area contributed by atoms with Crippen molar-refractivity contribution in [2.45, 2.75) is 6.92 Å². The average Bonchev–Trinajstić information content (AvgIpc) is 2.77. The molecule has 1 heterocycles. The van der Waals surface area contributed by atoms with Gasteiger partial charge in [-0.3, -0.25) is 4.98 Å². The van der Waals surface area contributed by atoms with E-state index in [1.807, 2.05) is 13.0 Å². The maximum Gasteiger partial charge on any atom is 0.138 e. The molecule has 0 saturated heterocycles. The maximum absolute atomic E-state index is 5.19. The highest BCUT2D eigenvalue weighted by Crippen LogP contribution is 2.32. The Morgan fingerprint density at radius 3 is 1.55 bits per heavy atom. The lowest BCUT2D eigenvalue weighted by Gasteiger charge is -2.18. The van der Waals surface area contributed by atoms with Gasteiger partial charge >= 0.3 is 0 Å². The van der Waals surface area contributed by atoms with Crippen molar-refractivity contribution in [3.63, 3.8) is 0 Å². The van der Waals surface area contributed by atoms with Crippen LogP contribution in [0.2, 0.25) is 0 Å². The van der Waals surface area contributed by atoms with Crippen molar-refractivity contribution in [2.24, 2.45) is 0 Å². The summed E-state index contributed by atoms with van der Waals surface area (Å²) in [4.78, 5) is 3.93. The van der Waals surface area contributed by atoms with Crippen LogP contribution in [0.3, 0.4) is 0 Å². The molecule has 2 nitrogen and oxygen atoms in total. The molecule has 0 amide bonds. The second kappa shape index (κ2) is 11.5. The monoisotopic (exact) mass is 463 g/mol. The van der Waals surface area contributed by atoms with Crippen LogP contribution in [0.1, 0.15) is 6.92 Å². The molecule has 0 N–H and O–H groups in total. The van der Waals surface area contributed by atoms with Crippen LogP contribution >= 0.6 is 23.9 Å². The summed E-state index contributed by atoms with van der Waals surface area (Å²) in [5.74, 6) is 0.803. The third-order valence-corrected chi connectivity index (χ3v) is 6.91. The van der Waals surface area contributed by atoms with E-state index in [4.69, 9.17) is 4.74 Å². The Balaban J connectivity index is 0.000000204. The summed E-state index contributed by atoms with van der Waals surface area (Å²) in [5.41, 5.74) is 0. The van der Waals surface area contributed by atoms with E-state index in [2.05, 4.69) is 112 Å². The smallest absolute Gasteiger partial charge is 0.138 e. The molecule has 3 aromatic carbocycles. The number of rotatable bonds is 5. The zero-order valence-electron chi connectivity index (χ0n) is 16.3. The summed E-state index contributed by atoms with van der Waals surface area (Å²) in [5, 5.41) is 4.19. The molecule has 4 aromatic rings. The largest absolute Gasteiger partial charge is 0.492 e. The van der Waals surface area contributed by atoms with Crippen LogP contribution < -0.4 is 20.7 Å². The van der Waals surface area contributed by atoms with E-state index in [0.29, 0.717) is 6.61 Å². The molecule has 0 saturated carbocycles. The Labute approximate surface area is 182 Å². The van der Waals surface area contributed by atoms with Crippen molar-refractivity contribution in [1.29, 1.82) is 0 Å². The van der Waals surface area contributed by atoms with Crippen molar-refractivity contribution >= 4 is 39.8 Å². The van der Waals surface area contributed by atoms with Gasteiger partial charge in [-0.25, -0.2) is 0 Å². The summed E-state index contributed by atoms with van der Waals surface area (Å²) < 4.78 is 6.14. The molecule has 146 valence electrons. The van der Waals surface area contributed by atoms with E-state index in [1.165, 1.54) is 15.9 Å². The first-order chi connectivity index (χ1) is 14.3. The van der Waals surface area contributed by atoms with E-state index in [-0.39, 0.29) is 0 Å². The van der Waals surface area contributed by atoms with E-state index in [1.54, 1.807) is 12.4 Å². The SMILES string of the molecule is CCOc1cncc(Br)c1.c1ccc(P(c2ccccc2)c2ccccc2)cc1. The molecule has 0 unspecified atom stereocenters. The summed E-state index contributed by atoms with van der Waals surface area (Å²) in [6.07, 6.45) is 3.41. The summed E-state index contributed by atoms with van der Waals surface area (Å²) in [6, 6.07) is 34.2. The van der Waals surface area contributed by atoms with Gasteiger partial charge in [0.25, 0.3) is 0 Å². The fraction of sp³-hybridized carbons (Fsp3) is 0.0800. The minimum absolute atomic E-state index is 0.446. The van der Waals surface area contributed by atoms with Gasteiger partial charge in [0.05, 0.1) is 12.8 Å². The van der Waals surface area contributed by atoms with E-state index in [0.717, 1.165) is 10.2 Å². The highest BCUT2D eigenvalue weighted by atomic mass is 79.9. The number of pyridine rings is 1. The average molecular weight is 464 g/mol. The van der Waals surface area contributed by atoms with Gasteiger partial charge in [0.15, 0.2) is 0 Å². The Hall–Kier alpha value is -2.48. The van der Waals surface area contributed by atoms with Gasteiger partial charge in [-0.2, -0.15) is 0 Å². The minimum atomic E-state index is -0.446. The molecule has 4 heteroatoms. The second-order valence-electron chi connectivity index (χ2n) is 6.11. The highest BCUT2D eigenvalue weighted by molar-refractivity contribution is 9.10. The third kappa shape index (κ3) is 6.52. The highest BCUT2D eigenvalue weighted by Gasteiger charge is 2.14. The maximum atomic E-state index is 5.19. The van der Waals surface area contributed by atoms with E-state index in [9.17, 15) is 0 Å². The lowest BCUT2D eigenvalue weighted by molar-refractivity contribution is 0.338. The van der Waals surface area contributed by atoms with Crippen LogP contribution in [0.4, 0.5) is 0 Å². The van der Waals surface area contributed by atoms with Crippen LogP contribution in [0.5, 0.6) is 5.75 Å². The minimum Gasteiger partial charge on any atom is -0.492 e. The molecule has 0 radical (unpaired) electrons. The van der Waals surface area contributed by atoms with Crippen molar-refractivity contribution in [3.05, 3.63) is 114 Å². The van der Waals surface area contributed by atoms with Crippen molar-refractivity contribution in [1.82, 2.24) is 4.98 Å². The Bertz CT molecular complexity index is 887. The molecule has 0 aliphatic carbocycles. The molecule has 0 aliphatic heterocycles. The number of ether oxygens (including phenoxy) is 1. The predicted octanol–water partition coefficient (Wildman–Crippen LogP) is 5.69. The molecular weight excluding hydrogens is 441 g/mol. The second-order valence-corrected chi connectivity index (χ2v) is 9.25. The molecule has 0 fully saturated rings. The van der Waals surface area contributed by atoms with Crippen molar-refractivity contribution in [3.8, 4) is 5.75 Å². The lowest BCUT2D eigenvalue weighted by Crippen LogP contribution is -2.20. The molecule has 29 heavy (non-hydrogen) atoms. The quantitative estimate of drug-likeness (QED) is 0.354. The van der Waals surface area contributed by atoms with Gasteiger partial charge in [0, 0.05) is 10.7 Å². The van der Waals surface area contributed by atoms with Crippen LogP contribution in [0, 0.1) is 0 Å². The summed E-state index contributed by atoms with van der Waals surface area (Å²) in [7, 11) is -0.446. The molecular formula is C25H23BrNOP. The topological polar surface area (TPSA) is 22.1 Å². The number of hydrogen-bond acceptors (Lipinski definition) is 2. The molecule has 0 spiro atoms. The zero-order valence-corrected chi connectivity index (χ0v) is 18.8. The van der Waals surface area contributed by atoms with Crippen molar-refractivity contribution < 1.29 is 4.74 Å². The summed E-state index contributed by atoms with van der Waals surface area (Å²) in [6.45, 7) is 2.62. The van der Waals surface area contributed by atoms with Crippen LogP contribution in [0.15, 0.2) is 114 Å². The molecule has 4 rings (SSSR count). The first-order valence-electron chi connectivity index (χ1n) is 9.46. The predicted molar refractivity (Wildman–Crippen MR) is 128 cm³/mol. The Morgan fingerprint density at radius 2 is 1.17 bits per heavy atom. The zero-order chi connectivity index (χ0) is 20.3. The van der Waals surface area contributed by atoms with Gasteiger partial charge in [-0.05, 0) is 52.8 Å². The van der Waals surface area contributed by atoms with E-state index < -0.39 is 7.92 Å². The summed E-state index contributed by atoms with van der Waals surface area (Å²) >= 11 is 3.29. The Kier molecular flexibility index (Phi) is 8.42. The fourth-order valence-corrected chi connectivity index (χ4v) is 5.47. The van der Waals surface area contributed by atoms with Gasteiger partial charge < -0.3 is 4.74 Å². The van der Waals surface area contributed by atoms with Crippen LogP contribution in [-0.4, -0.2) is 11.6 Å². The van der Waals surface area contributed by atoms with Gasteiger partial charge in [0.1, 0.15) is 5.75 Å². The number of nitrogens with zero attached hydrogens (tertiary/aromatic N) is 1. The first kappa shape index (κ1) is 21.2. The van der Waals surface area contributed by atoms with Gasteiger partial charge in [-0.1, -0.05) is 91.0 Å². The number of hydrogen-bond donors (Lipinski definition) is 0. The van der Waals surface area contributed by atoms with E-state index >= 15 is 0 Å². The van der Waals surface area contributed by atoms with Crippen LogP contribution in [-0.2, 0) is 0 Å². The lowest BCUT2D eigenvalue weighted by atomic mass is 10.4. The van der Waals surface area contributed by atoms with Gasteiger partial charge in [0.2, 0.25) is 0 Å². The van der Waals surface area contributed by atoms with Crippen molar-refractivity contribution in [2.75, 3.05) is 6.61 Å². The number of aromatic nitrogens is 1. The molecule has 0 bridgehead atoms. The number of benzene rings is 3. The Morgan fingerprint density at radius 1 is 0.724 bits per heavy atom.